The van der Waals surface area contributed by atoms with Crippen LogP contribution in [-0.2, 0) is 11.2 Å². The lowest BCUT2D eigenvalue weighted by Crippen LogP contribution is -2.04. The van der Waals surface area contributed by atoms with Gasteiger partial charge in [0, 0.05) is 11.5 Å². The molecule has 0 saturated heterocycles. The van der Waals surface area contributed by atoms with Crippen molar-refractivity contribution in [2.45, 2.75) is 26.2 Å². The highest BCUT2D eigenvalue weighted by atomic mass is 19.1. The number of ketones is 1. The summed E-state index contributed by atoms with van der Waals surface area (Å²) in [4.78, 5) is 15.8. The van der Waals surface area contributed by atoms with Crippen molar-refractivity contribution >= 4 is 5.78 Å². The molecule has 3 rings (SSSR count). The minimum absolute atomic E-state index is 0.144. The summed E-state index contributed by atoms with van der Waals surface area (Å²) < 4.78 is 18.3. The van der Waals surface area contributed by atoms with Crippen LogP contribution in [0.1, 0.15) is 24.3 Å². The zero-order valence-corrected chi connectivity index (χ0v) is 10.5. The Kier molecular flexibility index (Phi) is 2.89. The van der Waals surface area contributed by atoms with E-state index in [2.05, 4.69) is 10.1 Å². The Balaban J connectivity index is 1.81. The fourth-order valence-electron chi connectivity index (χ4n) is 2.01. The number of hydrogen-bond acceptors (Lipinski definition) is 4. The third-order valence-electron chi connectivity index (χ3n) is 3.13. The number of nitrogens with zero attached hydrogens (tertiary/aromatic N) is 2. The number of carbonyl (C=O) groups excluding carboxylic acids is 1. The molecule has 0 aliphatic heterocycles. The summed E-state index contributed by atoms with van der Waals surface area (Å²) in [6.07, 6.45) is 2.10. The molecule has 2 aromatic rings. The Morgan fingerprint density at radius 2 is 2.21 bits per heavy atom. The standard InChI is InChI=1S/C14H13FN2O2/c1-8-4-10(6-11(15)5-8)14-16-13(19-17-14)7-12(18)9-2-3-9/h4-6,9H,2-3,7H2,1H3. The van der Waals surface area contributed by atoms with Gasteiger partial charge in [0.1, 0.15) is 11.6 Å². The van der Waals surface area contributed by atoms with Crippen molar-refractivity contribution in [1.29, 1.82) is 0 Å². The number of aryl methyl sites for hydroxylation is 1. The molecule has 1 aliphatic carbocycles. The molecule has 1 aromatic carbocycles. The van der Waals surface area contributed by atoms with Gasteiger partial charge in [0.15, 0.2) is 0 Å². The number of aromatic nitrogens is 2. The molecule has 98 valence electrons. The van der Waals surface area contributed by atoms with E-state index in [1.165, 1.54) is 12.1 Å². The SMILES string of the molecule is Cc1cc(F)cc(-c2noc(CC(=O)C3CC3)n2)c1. The number of benzene rings is 1. The average Bonchev–Trinajstić information content (AvgIpc) is 3.09. The van der Waals surface area contributed by atoms with Crippen LogP contribution < -0.4 is 0 Å². The predicted octanol–water partition coefficient (Wildman–Crippen LogP) is 2.71. The molecule has 1 heterocycles. The van der Waals surface area contributed by atoms with E-state index < -0.39 is 0 Å². The van der Waals surface area contributed by atoms with Gasteiger partial charge in [-0.15, -0.1) is 0 Å². The number of halogens is 1. The molecular formula is C14H13FN2O2. The Bertz CT molecular complexity index is 612. The van der Waals surface area contributed by atoms with Crippen molar-refractivity contribution < 1.29 is 13.7 Å². The maximum Gasteiger partial charge on any atom is 0.234 e. The number of carbonyl (C=O) groups is 1. The normalized spacial score (nSPS) is 14.6. The predicted molar refractivity (Wildman–Crippen MR) is 65.9 cm³/mol. The minimum Gasteiger partial charge on any atom is -0.339 e. The van der Waals surface area contributed by atoms with Crippen molar-refractivity contribution in [2.75, 3.05) is 0 Å². The molecule has 0 atom stereocenters. The van der Waals surface area contributed by atoms with Crippen molar-refractivity contribution in [3.05, 3.63) is 35.5 Å². The largest absolute Gasteiger partial charge is 0.339 e. The van der Waals surface area contributed by atoms with Gasteiger partial charge in [0.25, 0.3) is 0 Å². The number of hydrogen-bond donors (Lipinski definition) is 0. The van der Waals surface area contributed by atoms with Crippen molar-refractivity contribution in [1.82, 2.24) is 10.1 Å². The Morgan fingerprint density at radius 3 is 2.89 bits per heavy atom. The number of Topliss-reactive ketones (excluding diaryl/α,β-unsaturated/α-hetero) is 1. The van der Waals surface area contributed by atoms with E-state index in [1.807, 2.05) is 0 Å². The highest BCUT2D eigenvalue weighted by molar-refractivity contribution is 5.84. The van der Waals surface area contributed by atoms with Crippen LogP contribution in [0.3, 0.4) is 0 Å². The lowest BCUT2D eigenvalue weighted by Gasteiger charge is -1.97. The van der Waals surface area contributed by atoms with Crippen molar-refractivity contribution in [3.8, 4) is 11.4 Å². The van der Waals surface area contributed by atoms with Gasteiger partial charge in [0.05, 0.1) is 6.42 Å². The molecule has 0 unspecified atom stereocenters. The van der Waals surface area contributed by atoms with Gasteiger partial charge in [-0.05, 0) is 43.5 Å². The summed E-state index contributed by atoms with van der Waals surface area (Å²) in [5.74, 6) is 0.600. The molecule has 0 bridgehead atoms. The van der Waals surface area contributed by atoms with E-state index >= 15 is 0 Å². The van der Waals surface area contributed by atoms with Crippen molar-refractivity contribution in [2.24, 2.45) is 5.92 Å². The molecule has 1 aliphatic rings. The minimum atomic E-state index is -0.338. The van der Waals surface area contributed by atoms with Gasteiger partial charge in [-0.3, -0.25) is 4.79 Å². The van der Waals surface area contributed by atoms with Crippen LogP contribution in [-0.4, -0.2) is 15.9 Å². The van der Waals surface area contributed by atoms with Gasteiger partial charge in [-0.1, -0.05) is 5.16 Å². The Labute approximate surface area is 109 Å². The first-order chi connectivity index (χ1) is 9.11. The first-order valence-electron chi connectivity index (χ1n) is 6.24. The quantitative estimate of drug-likeness (QED) is 0.848. The molecule has 0 N–H and O–H groups in total. The molecule has 1 saturated carbocycles. The second-order valence-electron chi connectivity index (χ2n) is 4.95. The molecule has 4 nitrogen and oxygen atoms in total. The van der Waals surface area contributed by atoms with Gasteiger partial charge < -0.3 is 4.52 Å². The second kappa shape index (κ2) is 4.57. The lowest BCUT2D eigenvalue weighted by atomic mass is 10.1. The van der Waals surface area contributed by atoms with Crippen molar-refractivity contribution in [3.63, 3.8) is 0 Å². The summed E-state index contributed by atoms with van der Waals surface area (Å²) in [5.41, 5.74) is 1.35. The molecule has 19 heavy (non-hydrogen) atoms. The Hall–Kier alpha value is -2.04. The van der Waals surface area contributed by atoms with Crippen LogP contribution >= 0.6 is 0 Å². The van der Waals surface area contributed by atoms with Crippen LogP contribution in [0.4, 0.5) is 4.39 Å². The maximum atomic E-state index is 13.3. The zero-order chi connectivity index (χ0) is 13.4. The van der Waals surface area contributed by atoms with E-state index in [4.69, 9.17) is 4.52 Å². The molecule has 5 heteroatoms. The molecule has 0 spiro atoms. The summed E-state index contributed by atoms with van der Waals surface area (Å²) in [6, 6.07) is 4.56. The molecule has 1 fully saturated rings. The molecule has 0 radical (unpaired) electrons. The fraction of sp³-hybridized carbons (Fsp3) is 0.357. The van der Waals surface area contributed by atoms with Crippen LogP contribution in [0.25, 0.3) is 11.4 Å². The van der Waals surface area contributed by atoms with Gasteiger partial charge in [-0.25, -0.2) is 4.39 Å². The number of rotatable bonds is 4. The van der Waals surface area contributed by atoms with Gasteiger partial charge >= 0.3 is 0 Å². The highest BCUT2D eigenvalue weighted by Gasteiger charge is 2.30. The topological polar surface area (TPSA) is 56.0 Å². The highest BCUT2D eigenvalue weighted by Crippen LogP contribution is 2.31. The van der Waals surface area contributed by atoms with E-state index in [-0.39, 0.29) is 23.9 Å². The molecule has 0 amide bonds. The summed E-state index contributed by atoms with van der Waals surface area (Å²) in [6.45, 7) is 1.80. The third-order valence-corrected chi connectivity index (χ3v) is 3.13. The van der Waals surface area contributed by atoms with Crippen LogP contribution in [0.15, 0.2) is 22.7 Å². The first-order valence-corrected chi connectivity index (χ1v) is 6.24. The van der Waals surface area contributed by atoms with Crippen LogP contribution in [0, 0.1) is 18.7 Å². The van der Waals surface area contributed by atoms with Crippen LogP contribution in [0.5, 0.6) is 0 Å². The summed E-state index contributed by atoms with van der Waals surface area (Å²) >= 11 is 0. The Morgan fingerprint density at radius 1 is 1.42 bits per heavy atom. The smallest absolute Gasteiger partial charge is 0.234 e. The van der Waals surface area contributed by atoms with Gasteiger partial charge in [0.2, 0.25) is 11.7 Å². The van der Waals surface area contributed by atoms with Gasteiger partial charge in [-0.2, -0.15) is 4.98 Å². The first kappa shape index (κ1) is 12.0. The zero-order valence-electron chi connectivity index (χ0n) is 10.5. The van der Waals surface area contributed by atoms with E-state index in [9.17, 15) is 9.18 Å². The van der Waals surface area contributed by atoms with E-state index in [0.29, 0.717) is 17.3 Å². The maximum absolute atomic E-state index is 13.3. The fourth-order valence-corrected chi connectivity index (χ4v) is 2.01. The van der Waals surface area contributed by atoms with E-state index in [0.717, 1.165) is 18.4 Å². The average molecular weight is 260 g/mol. The molecular weight excluding hydrogens is 247 g/mol. The summed E-state index contributed by atoms with van der Waals surface area (Å²) in [5, 5.41) is 3.80. The van der Waals surface area contributed by atoms with E-state index in [1.54, 1.807) is 13.0 Å². The monoisotopic (exact) mass is 260 g/mol. The third kappa shape index (κ3) is 2.70. The lowest BCUT2D eigenvalue weighted by molar-refractivity contribution is -0.119. The second-order valence-corrected chi connectivity index (χ2v) is 4.95. The molecule has 1 aromatic heterocycles. The summed E-state index contributed by atoms with van der Waals surface area (Å²) in [7, 11) is 0. The van der Waals surface area contributed by atoms with Crippen LogP contribution in [0.2, 0.25) is 0 Å².